The lowest BCUT2D eigenvalue weighted by atomic mass is 9.86. The van der Waals surface area contributed by atoms with Crippen LogP contribution in [-0.2, 0) is 5.92 Å². The minimum absolute atomic E-state index is 0.123. The van der Waals surface area contributed by atoms with E-state index in [4.69, 9.17) is 5.11 Å². The molecule has 0 heterocycles. The van der Waals surface area contributed by atoms with E-state index in [2.05, 4.69) is 5.32 Å². The van der Waals surface area contributed by atoms with E-state index in [0.717, 1.165) is 0 Å². The molecule has 4 nitrogen and oxygen atoms in total. The largest absolute Gasteiger partial charge is 0.455 e. The lowest BCUT2D eigenvalue weighted by Gasteiger charge is -2.33. The predicted molar refractivity (Wildman–Crippen MR) is 98.1 cm³/mol. The van der Waals surface area contributed by atoms with E-state index in [0.29, 0.717) is 18.7 Å². The number of hydrogen-bond donors (Lipinski definition) is 2. The number of amides is 2. The summed E-state index contributed by atoms with van der Waals surface area (Å²) in [5.41, 5.74) is -0.828. The van der Waals surface area contributed by atoms with Gasteiger partial charge >= 0.3 is 24.0 Å². The lowest BCUT2D eigenvalue weighted by Crippen LogP contribution is -2.53. The van der Waals surface area contributed by atoms with Crippen molar-refractivity contribution < 1.29 is 36.2 Å². The maximum atomic E-state index is 14.5. The number of carbonyl (C=O) groups is 1. The van der Waals surface area contributed by atoms with Crippen LogP contribution in [0.5, 0.6) is 0 Å². The van der Waals surface area contributed by atoms with E-state index in [1.807, 2.05) is 0 Å². The van der Waals surface area contributed by atoms with Gasteiger partial charge in [0.25, 0.3) is 0 Å². The van der Waals surface area contributed by atoms with E-state index in [1.54, 1.807) is 34.6 Å². The third-order valence-corrected chi connectivity index (χ3v) is 4.54. The third-order valence-electron chi connectivity index (χ3n) is 4.54. The molecule has 1 rings (SSSR count). The minimum Gasteiger partial charge on any atom is -0.350 e. The van der Waals surface area contributed by atoms with Crippen LogP contribution in [-0.4, -0.2) is 36.8 Å². The second-order valence-corrected chi connectivity index (χ2v) is 7.40. The fraction of sp³-hybridized carbons (Fsp3) is 0.632. The summed E-state index contributed by atoms with van der Waals surface area (Å²) < 4.78 is 81.1. The zero-order valence-corrected chi connectivity index (χ0v) is 17.1. The Balaban J connectivity index is 3.83. The van der Waals surface area contributed by atoms with E-state index >= 15 is 0 Å². The van der Waals surface area contributed by atoms with Gasteiger partial charge in [-0.25, -0.2) is 4.79 Å². The second kappa shape index (κ2) is 8.41. The molecule has 1 aromatic carbocycles. The maximum Gasteiger partial charge on any atom is 0.455 e. The smallest absolute Gasteiger partial charge is 0.350 e. The molecule has 0 radical (unpaired) electrons. The average Bonchev–Trinajstić information content (AvgIpc) is 2.58. The van der Waals surface area contributed by atoms with Gasteiger partial charge in [-0.2, -0.15) is 26.3 Å². The van der Waals surface area contributed by atoms with Crippen molar-refractivity contribution in [1.82, 2.24) is 5.32 Å². The summed E-state index contributed by atoms with van der Waals surface area (Å²) >= 11 is 0. The number of hydrogen-bond acceptors (Lipinski definition) is 2. The van der Waals surface area contributed by atoms with E-state index < -0.39 is 41.4 Å². The second-order valence-electron chi connectivity index (χ2n) is 7.40. The molecule has 0 bridgehead atoms. The van der Waals surface area contributed by atoms with Crippen LogP contribution in [0.4, 0.5) is 36.8 Å². The molecule has 0 aromatic heterocycles. The van der Waals surface area contributed by atoms with E-state index in [9.17, 15) is 31.1 Å². The van der Waals surface area contributed by atoms with Gasteiger partial charge in [0.15, 0.2) is 0 Å². The van der Waals surface area contributed by atoms with Crippen LogP contribution >= 0.6 is 0 Å². The Hall–Kier alpha value is -1.97. The van der Waals surface area contributed by atoms with Gasteiger partial charge < -0.3 is 10.4 Å². The van der Waals surface area contributed by atoms with Crippen molar-refractivity contribution in [1.29, 1.82) is 0 Å². The molecule has 0 aliphatic rings. The zero-order valence-electron chi connectivity index (χ0n) is 17.1. The first-order chi connectivity index (χ1) is 13.0. The Bertz CT molecular complexity index is 716. The zero-order chi connectivity index (χ0) is 22.9. The quantitative estimate of drug-likeness (QED) is 0.595. The van der Waals surface area contributed by atoms with Gasteiger partial charge in [0, 0.05) is 19.2 Å². The van der Waals surface area contributed by atoms with Crippen molar-refractivity contribution in [2.75, 3.05) is 18.5 Å². The van der Waals surface area contributed by atoms with Crippen LogP contribution in [0.3, 0.4) is 0 Å². The Morgan fingerprint density at radius 3 is 1.76 bits per heavy atom. The Morgan fingerprint density at radius 1 is 1.03 bits per heavy atom. The van der Waals surface area contributed by atoms with Crippen molar-refractivity contribution >= 4 is 11.7 Å². The summed E-state index contributed by atoms with van der Waals surface area (Å²) in [5, 5.41) is 11.6. The van der Waals surface area contributed by atoms with Crippen LogP contribution in [0.15, 0.2) is 12.1 Å². The summed E-state index contributed by atoms with van der Waals surface area (Å²) in [5.74, 6) is -12.0. The highest BCUT2D eigenvalue weighted by Gasteiger charge is 2.71. The monoisotopic (exact) mass is 428 g/mol. The van der Waals surface area contributed by atoms with Gasteiger partial charge in [-0.05, 0) is 42.0 Å². The average molecular weight is 428 g/mol. The number of nitrogens with zero attached hydrogens (tertiary/aromatic N) is 1. The molecule has 2 amide bonds. The number of urea groups is 1. The molecule has 0 spiro atoms. The molecule has 1 atom stereocenters. The van der Waals surface area contributed by atoms with E-state index in [1.165, 1.54) is 11.9 Å². The van der Waals surface area contributed by atoms with E-state index in [-0.39, 0.29) is 16.8 Å². The molecule has 0 fully saturated rings. The molecule has 166 valence electrons. The number of aliphatic hydroxyl groups is 1. The molecule has 0 saturated heterocycles. The summed E-state index contributed by atoms with van der Waals surface area (Å²) in [6.07, 6.45) is -6.21. The molecular weight excluding hydrogens is 402 g/mol. The molecule has 0 aliphatic heterocycles. The predicted octanol–water partition coefficient (Wildman–Crippen LogP) is 5.41. The minimum atomic E-state index is -6.21. The number of carbonyl (C=O) groups excluding carboxylic acids is 1. The van der Waals surface area contributed by atoms with Crippen molar-refractivity contribution in [3.05, 3.63) is 28.8 Å². The molecule has 0 aliphatic carbocycles. The molecule has 1 unspecified atom stereocenters. The number of anilines is 1. The number of halogens is 6. The van der Waals surface area contributed by atoms with Crippen molar-refractivity contribution in [3.8, 4) is 0 Å². The Morgan fingerprint density at radius 2 is 1.45 bits per heavy atom. The van der Waals surface area contributed by atoms with Gasteiger partial charge in [0.2, 0.25) is 0 Å². The van der Waals surface area contributed by atoms with Gasteiger partial charge in [-0.3, -0.25) is 4.90 Å². The van der Waals surface area contributed by atoms with Crippen LogP contribution in [0.2, 0.25) is 0 Å². The Labute approximate surface area is 165 Å². The van der Waals surface area contributed by atoms with Gasteiger partial charge in [-0.15, -0.1) is 0 Å². The topological polar surface area (TPSA) is 52.6 Å². The fourth-order valence-electron chi connectivity index (χ4n) is 2.87. The van der Waals surface area contributed by atoms with Crippen molar-refractivity contribution in [2.45, 2.75) is 64.4 Å². The fourth-order valence-corrected chi connectivity index (χ4v) is 2.87. The van der Waals surface area contributed by atoms with Gasteiger partial charge in [0.05, 0.1) is 5.69 Å². The van der Waals surface area contributed by atoms with Gasteiger partial charge in [-0.1, -0.05) is 27.7 Å². The molecule has 1 aromatic rings. The highest BCUT2D eigenvalue weighted by atomic mass is 19.4. The van der Waals surface area contributed by atoms with Crippen LogP contribution in [0.25, 0.3) is 0 Å². The summed E-state index contributed by atoms with van der Waals surface area (Å²) in [6.45, 7) is 8.38. The molecular formula is C19H26F6N2O2. The summed E-state index contributed by atoms with van der Waals surface area (Å²) in [4.78, 5) is 13.5. The van der Waals surface area contributed by atoms with Crippen LogP contribution in [0.1, 0.15) is 63.1 Å². The van der Waals surface area contributed by atoms with Crippen molar-refractivity contribution in [2.24, 2.45) is 0 Å². The summed E-state index contributed by atoms with van der Waals surface area (Å²) in [7, 11) is 1.40. The first-order valence-electron chi connectivity index (χ1n) is 9.06. The summed E-state index contributed by atoms with van der Waals surface area (Å²) in [6, 6.07) is 0.878. The lowest BCUT2D eigenvalue weighted by molar-refractivity contribution is -0.390. The third kappa shape index (κ3) is 4.62. The first-order valence-corrected chi connectivity index (χ1v) is 9.06. The molecule has 0 saturated carbocycles. The standard InChI is InChI=1S/C19H26F6N2O2/c1-7-26-16(28)27(6)15-13(10(2)3)8-12(9-14(15)11(4)5)17(20,21)18(22,29)19(23,24)25/h8-11,29H,7H2,1-6H3,(H,26,28). The van der Waals surface area contributed by atoms with Gasteiger partial charge in [0.1, 0.15) is 0 Å². The highest BCUT2D eigenvalue weighted by molar-refractivity contribution is 5.93. The SMILES string of the molecule is CCNC(=O)N(C)c1c(C(C)C)cc(C(F)(F)C(O)(F)C(F)(F)F)cc1C(C)C. The first kappa shape index (κ1) is 25.1. The highest BCUT2D eigenvalue weighted by Crippen LogP contribution is 2.51. The number of rotatable bonds is 6. The molecule has 29 heavy (non-hydrogen) atoms. The van der Waals surface area contributed by atoms with Crippen LogP contribution in [0, 0.1) is 0 Å². The Kier molecular flexibility index (Phi) is 7.27. The molecule has 10 heteroatoms. The van der Waals surface area contributed by atoms with Crippen molar-refractivity contribution in [3.63, 3.8) is 0 Å². The number of alkyl halides is 6. The van der Waals surface area contributed by atoms with Crippen LogP contribution < -0.4 is 10.2 Å². The number of nitrogens with one attached hydrogen (secondary N) is 1. The maximum absolute atomic E-state index is 14.5. The molecule has 2 N–H and O–H groups in total. The normalized spacial score (nSPS) is 14.9. The number of benzene rings is 1.